The fraction of sp³-hybridized carbons (Fsp3) is 1.00. The minimum atomic E-state index is -4.20. The lowest BCUT2D eigenvalue weighted by Crippen LogP contribution is -2.31. The molecule has 0 aromatic rings. The normalized spacial score (nSPS) is 13.6. The van der Waals surface area contributed by atoms with Gasteiger partial charge in [0.05, 0.1) is 0 Å². The topological polar surface area (TPSA) is 166 Å². The van der Waals surface area contributed by atoms with Crippen molar-refractivity contribution >= 4 is 59.8 Å². The SMILES string of the molecule is O=S(=O)(O)SCCN(CCSS(=O)(=O)O)CCSS(=O)(=O)O. The summed E-state index contributed by atoms with van der Waals surface area (Å²) < 4.78 is 89.2. The van der Waals surface area contributed by atoms with Gasteiger partial charge in [0.2, 0.25) is 0 Å². The summed E-state index contributed by atoms with van der Waals surface area (Å²) in [6.45, 7) is 0.383. The number of hydrogen-bond donors (Lipinski definition) is 3. The highest BCUT2D eigenvalue weighted by atomic mass is 33.2. The third-order valence-corrected chi connectivity index (χ3v) is 8.04. The summed E-state index contributed by atoms with van der Waals surface area (Å²) in [6, 6.07) is 0. The van der Waals surface area contributed by atoms with E-state index in [4.69, 9.17) is 13.7 Å². The number of hydrogen-bond acceptors (Lipinski definition) is 10. The van der Waals surface area contributed by atoms with Crippen LogP contribution in [0.15, 0.2) is 0 Å². The molecule has 0 aliphatic heterocycles. The van der Waals surface area contributed by atoms with E-state index in [2.05, 4.69) is 0 Å². The molecule has 16 heteroatoms. The standard InChI is InChI=1S/C6H15NO9S6/c8-20(9,10)17-4-1-7(2-5-18-21(11,12)13)3-6-19-22(14,15)16/h1-6H2,(H,8,9,10)(H,11,12,13)(H,14,15,16). The molecule has 0 aliphatic rings. The van der Waals surface area contributed by atoms with E-state index < -0.39 is 27.5 Å². The van der Waals surface area contributed by atoms with Crippen LogP contribution in [-0.4, -0.2) is 80.7 Å². The van der Waals surface area contributed by atoms with Gasteiger partial charge in [-0.25, -0.2) is 0 Å². The molecule has 0 aromatic heterocycles. The van der Waals surface area contributed by atoms with Crippen LogP contribution in [0.25, 0.3) is 0 Å². The van der Waals surface area contributed by atoms with Crippen LogP contribution in [0.4, 0.5) is 0 Å². The molecule has 0 fully saturated rings. The summed E-state index contributed by atoms with van der Waals surface area (Å²) >= 11 is 0. The van der Waals surface area contributed by atoms with Gasteiger partial charge in [-0.1, -0.05) is 0 Å². The summed E-state index contributed by atoms with van der Waals surface area (Å²) in [6.07, 6.45) is 0. The van der Waals surface area contributed by atoms with E-state index in [0.29, 0.717) is 0 Å². The molecule has 134 valence electrons. The Morgan fingerprint density at radius 3 is 1.00 bits per heavy atom. The Morgan fingerprint density at radius 1 is 0.591 bits per heavy atom. The van der Waals surface area contributed by atoms with Gasteiger partial charge in [0.15, 0.2) is 0 Å². The zero-order chi connectivity index (χ0) is 17.4. The summed E-state index contributed by atoms with van der Waals surface area (Å²) in [5.74, 6) is -0.0657. The summed E-state index contributed by atoms with van der Waals surface area (Å²) in [7, 11) is -11.8. The van der Waals surface area contributed by atoms with Gasteiger partial charge in [-0.05, 0) is 32.4 Å². The number of rotatable bonds is 12. The quantitative estimate of drug-likeness (QED) is 0.274. The maximum absolute atomic E-state index is 10.6. The molecule has 0 unspecified atom stereocenters. The van der Waals surface area contributed by atoms with Gasteiger partial charge in [0.25, 0.3) is 0 Å². The fourth-order valence-corrected chi connectivity index (χ4v) is 5.35. The van der Waals surface area contributed by atoms with Gasteiger partial charge in [0, 0.05) is 36.9 Å². The summed E-state index contributed by atoms with van der Waals surface area (Å²) in [4.78, 5) is 1.54. The summed E-state index contributed by atoms with van der Waals surface area (Å²) in [5.41, 5.74) is 0. The van der Waals surface area contributed by atoms with E-state index in [0.717, 1.165) is 0 Å². The predicted molar refractivity (Wildman–Crippen MR) is 88.5 cm³/mol. The number of nitrogens with zero attached hydrogens (tertiary/aromatic N) is 1. The molecule has 0 heterocycles. The van der Waals surface area contributed by atoms with Crippen LogP contribution in [0, 0.1) is 0 Å². The van der Waals surface area contributed by atoms with Crippen molar-refractivity contribution in [3.05, 3.63) is 0 Å². The van der Waals surface area contributed by atoms with Crippen molar-refractivity contribution in [2.24, 2.45) is 0 Å². The Hall–Kier alpha value is 0.740. The van der Waals surface area contributed by atoms with E-state index in [1.807, 2.05) is 0 Å². The highest BCUT2D eigenvalue weighted by Gasteiger charge is 2.13. The molecule has 3 N–H and O–H groups in total. The molecule has 0 saturated carbocycles. The highest BCUT2D eigenvalue weighted by molar-refractivity contribution is 8.70. The average Bonchev–Trinajstić information content (AvgIpc) is 2.23. The van der Waals surface area contributed by atoms with E-state index >= 15 is 0 Å². The van der Waals surface area contributed by atoms with Gasteiger partial charge in [-0.15, -0.1) is 0 Å². The fourth-order valence-electron chi connectivity index (χ4n) is 1.15. The molecule has 0 spiro atoms. The molecule has 22 heavy (non-hydrogen) atoms. The minimum Gasteiger partial charge on any atom is -0.301 e. The van der Waals surface area contributed by atoms with Gasteiger partial charge >= 0.3 is 27.5 Å². The van der Waals surface area contributed by atoms with Gasteiger partial charge in [-0.3, -0.25) is 13.7 Å². The second-order valence-electron chi connectivity index (χ2n) is 3.59. The van der Waals surface area contributed by atoms with E-state index in [1.165, 1.54) is 4.90 Å². The van der Waals surface area contributed by atoms with Crippen LogP contribution in [-0.2, 0) is 27.5 Å². The second kappa shape index (κ2) is 9.90. The molecule has 0 amide bonds. The molecule has 0 bridgehead atoms. The third-order valence-electron chi connectivity index (χ3n) is 1.92. The van der Waals surface area contributed by atoms with E-state index in [9.17, 15) is 25.3 Å². The molecule has 0 saturated heterocycles. The van der Waals surface area contributed by atoms with Gasteiger partial charge in [0.1, 0.15) is 0 Å². The van der Waals surface area contributed by atoms with E-state index in [-0.39, 0.29) is 69.3 Å². The van der Waals surface area contributed by atoms with Gasteiger partial charge in [-0.2, -0.15) is 25.3 Å². The Labute approximate surface area is 140 Å². The lowest BCUT2D eigenvalue weighted by Gasteiger charge is -2.20. The second-order valence-corrected chi connectivity index (χ2v) is 14.0. The monoisotopic (exact) mass is 437 g/mol. The van der Waals surface area contributed by atoms with E-state index in [1.54, 1.807) is 0 Å². The molecule has 10 nitrogen and oxygen atoms in total. The van der Waals surface area contributed by atoms with Crippen LogP contribution in [0.1, 0.15) is 0 Å². The molecule has 0 aliphatic carbocycles. The molecular formula is C6H15NO9S6. The zero-order valence-corrected chi connectivity index (χ0v) is 15.8. The van der Waals surface area contributed by atoms with Crippen molar-refractivity contribution in [2.45, 2.75) is 0 Å². The van der Waals surface area contributed by atoms with Crippen LogP contribution < -0.4 is 0 Å². The van der Waals surface area contributed by atoms with Crippen LogP contribution in [0.3, 0.4) is 0 Å². The average molecular weight is 438 g/mol. The lowest BCUT2D eigenvalue weighted by atomic mass is 10.5. The molecule has 0 rings (SSSR count). The lowest BCUT2D eigenvalue weighted by molar-refractivity contribution is 0.329. The smallest absolute Gasteiger partial charge is 0.301 e. The van der Waals surface area contributed by atoms with Crippen LogP contribution >= 0.6 is 32.4 Å². The molecule has 0 aromatic carbocycles. The minimum absolute atomic E-state index is 0.0219. The maximum atomic E-state index is 10.6. The van der Waals surface area contributed by atoms with Crippen molar-refractivity contribution in [2.75, 3.05) is 36.9 Å². The summed E-state index contributed by atoms with van der Waals surface area (Å²) in [5, 5.41) is 0. The molecule has 0 radical (unpaired) electrons. The first kappa shape index (κ1) is 22.7. The van der Waals surface area contributed by atoms with Crippen LogP contribution in [0.5, 0.6) is 0 Å². The zero-order valence-electron chi connectivity index (χ0n) is 10.9. The Balaban J connectivity index is 4.35. The van der Waals surface area contributed by atoms with Crippen molar-refractivity contribution in [1.82, 2.24) is 4.90 Å². The van der Waals surface area contributed by atoms with Crippen molar-refractivity contribution < 1.29 is 38.9 Å². The Bertz CT molecular complexity index is 535. The van der Waals surface area contributed by atoms with Crippen LogP contribution in [0.2, 0.25) is 0 Å². The highest BCUT2D eigenvalue weighted by Crippen LogP contribution is 2.14. The Kier molecular flexibility index (Phi) is 10.2. The molecule has 0 atom stereocenters. The Morgan fingerprint density at radius 2 is 0.818 bits per heavy atom. The molecular weight excluding hydrogens is 422 g/mol. The first-order chi connectivity index (χ1) is 9.79. The first-order valence-electron chi connectivity index (χ1n) is 5.36. The van der Waals surface area contributed by atoms with Crippen molar-refractivity contribution in [1.29, 1.82) is 0 Å². The van der Waals surface area contributed by atoms with Crippen molar-refractivity contribution in [3.63, 3.8) is 0 Å². The third kappa shape index (κ3) is 17.1. The van der Waals surface area contributed by atoms with Crippen molar-refractivity contribution in [3.8, 4) is 0 Å². The largest absolute Gasteiger partial charge is 0.319 e. The first-order valence-corrected chi connectivity index (χ1v) is 14.2. The predicted octanol–water partition coefficient (Wildman–Crippen LogP) is -0.104. The van der Waals surface area contributed by atoms with Gasteiger partial charge < -0.3 is 4.90 Å². The maximum Gasteiger partial charge on any atom is 0.319 e.